The number of rotatable bonds is 1. The Hall–Kier alpha value is -2.17. The van der Waals surface area contributed by atoms with Crippen LogP contribution in [0.3, 0.4) is 0 Å². The molecule has 21 heavy (non-hydrogen) atoms. The molecule has 0 radical (unpaired) electrons. The smallest absolute Gasteiger partial charge is 0.233 e. The van der Waals surface area contributed by atoms with E-state index < -0.39 is 0 Å². The van der Waals surface area contributed by atoms with Gasteiger partial charge in [0.05, 0.1) is 15.6 Å². The zero-order chi connectivity index (χ0) is 15.1. The maximum atomic E-state index is 12.3. The summed E-state index contributed by atoms with van der Waals surface area (Å²) >= 11 is 12.0. The summed E-state index contributed by atoms with van der Waals surface area (Å²) in [5.74, 6) is -0.646. The van der Waals surface area contributed by atoms with Gasteiger partial charge in [0.1, 0.15) is 0 Å². The van der Waals surface area contributed by atoms with Crippen LogP contribution in [0.25, 0.3) is 6.08 Å². The SMILES string of the molecule is O=C1C(=Cc2ccc(O)c(O)c2)Oc2c(Cl)ccc(Cl)c21. The average molecular weight is 323 g/mol. The Morgan fingerprint density at radius 1 is 1.00 bits per heavy atom. The predicted molar refractivity (Wildman–Crippen MR) is 79.2 cm³/mol. The van der Waals surface area contributed by atoms with Gasteiger partial charge in [-0.05, 0) is 35.9 Å². The molecule has 0 atom stereocenters. The second kappa shape index (κ2) is 4.98. The van der Waals surface area contributed by atoms with E-state index in [9.17, 15) is 15.0 Å². The first-order valence-electron chi connectivity index (χ1n) is 5.91. The summed E-state index contributed by atoms with van der Waals surface area (Å²) in [4.78, 5) is 12.3. The van der Waals surface area contributed by atoms with Crippen LogP contribution in [0.15, 0.2) is 36.1 Å². The van der Waals surface area contributed by atoms with Crippen LogP contribution < -0.4 is 4.74 Å². The number of phenols is 2. The monoisotopic (exact) mass is 322 g/mol. The van der Waals surface area contributed by atoms with Gasteiger partial charge < -0.3 is 14.9 Å². The molecule has 0 unspecified atom stereocenters. The predicted octanol–water partition coefficient (Wildman–Crippen LogP) is 4.02. The van der Waals surface area contributed by atoms with Crippen molar-refractivity contribution in [3.05, 3.63) is 57.3 Å². The minimum absolute atomic E-state index is 0.0464. The molecule has 1 aliphatic heterocycles. The van der Waals surface area contributed by atoms with Crippen molar-refractivity contribution in [2.45, 2.75) is 0 Å². The number of Topliss-reactive ketones (excluding diaryl/α,β-unsaturated/α-hetero) is 1. The van der Waals surface area contributed by atoms with Gasteiger partial charge in [0.15, 0.2) is 23.0 Å². The van der Waals surface area contributed by atoms with Gasteiger partial charge in [-0.1, -0.05) is 29.3 Å². The maximum absolute atomic E-state index is 12.3. The number of halogens is 2. The van der Waals surface area contributed by atoms with Gasteiger partial charge in [-0.3, -0.25) is 4.79 Å². The van der Waals surface area contributed by atoms with Crippen LogP contribution in [0.2, 0.25) is 10.0 Å². The van der Waals surface area contributed by atoms with E-state index in [4.69, 9.17) is 27.9 Å². The third kappa shape index (κ3) is 2.33. The van der Waals surface area contributed by atoms with Crippen molar-refractivity contribution >= 4 is 35.1 Å². The third-order valence-electron chi connectivity index (χ3n) is 3.02. The topological polar surface area (TPSA) is 66.8 Å². The Bertz CT molecular complexity index is 797. The number of phenolic OH excluding ortho intramolecular Hbond substituents is 2. The van der Waals surface area contributed by atoms with E-state index in [-0.39, 0.29) is 39.4 Å². The normalized spacial score (nSPS) is 15.1. The molecule has 3 rings (SSSR count). The molecule has 0 bridgehead atoms. The first-order valence-corrected chi connectivity index (χ1v) is 6.67. The molecule has 0 amide bonds. The van der Waals surface area contributed by atoms with E-state index in [0.29, 0.717) is 10.6 Å². The minimum atomic E-state index is -0.384. The molecule has 2 N–H and O–H groups in total. The highest BCUT2D eigenvalue weighted by atomic mass is 35.5. The molecule has 4 nitrogen and oxygen atoms in total. The molecule has 1 aliphatic rings. The van der Waals surface area contributed by atoms with Crippen molar-refractivity contribution < 1.29 is 19.7 Å². The van der Waals surface area contributed by atoms with Crippen LogP contribution in [-0.2, 0) is 0 Å². The molecule has 0 aromatic heterocycles. The Kier molecular flexibility index (Phi) is 3.27. The van der Waals surface area contributed by atoms with Gasteiger partial charge in [-0.25, -0.2) is 0 Å². The summed E-state index contributed by atoms with van der Waals surface area (Å²) in [5, 5.41) is 19.3. The number of fused-ring (bicyclic) bond motifs is 1. The van der Waals surface area contributed by atoms with E-state index in [1.54, 1.807) is 6.07 Å². The van der Waals surface area contributed by atoms with Crippen LogP contribution in [0, 0.1) is 0 Å². The summed E-state index contributed by atoms with van der Waals surface area (Å²) in [6, 6.07) is 7.23. The number of hydrogen-bond donors (Lipinski definition) is 2. The Morgan fingerprint density at radius 3 is 2.38 bits per heavy atom. The number of ketones is 1. The number of carbonyl (C=O) groups excluding carboxylic acids is 1. The van der Waals surface area contributed by atoms with E-state index in [1.165, 1.54) is 30.3 Å². The molecule has 0 saturated carbocycles. The zero-order valence-electron chi connectivity index (χ0n) is 10.4. The number of hydrogen-bond acceptors (Lipinski definition) is 4. The molecule has 0 fully saturated rings. The third-order valence-corrected chi connectivity index (χ3v) is 3.63. The summed E-state index contributed by atoms with van der Waals surface area (Å²) < 4.78 is 5.46. The molecule has 2 aromatic rings. The van der Waals surface area contributed by atoms with Crippen LogP contribution in [-0.4, -0.2) is 16.0 Å². The number of carbonyl (C=O) groups is 1. The number of ether oxygens (including phenoxy) is 1. The van der Waals surface area contributed by atoms with Gasteiger partial charge in [0, 0.05) is 0 Å². The lowest BCUT2D eigenvalue weighted by Crippen LogP contribution is -1.98. The van der Waals surface area contributed by atoms with Crippen LogP contribution in [0.4, 0.5) is 0 Å². The Balaban J connectivity index is 2.05. The van der Waals surface area contributed by atoms with Crippen LogP contribution in [0.5, 0.6) is 17.2 Å². The van der Waals surface area contributed by atoms with Crippen molar-refractivity contribution in [3.8, 4) is 17.2 Å². The largest absolute Gasteiger partial charge is 0.504 e. The Labute approximate surface area is 129 Å². The molecule has 2 aromatic carbocycles. The zero-order valence-corrected chi connectivity index (χ0v) is 11.9. The molecule has 0 aliphatic carbocycles. The number of aromatic hydroxyl groups is 2. The summed E-state index contributed by atoms with van der Waals surface area (Å²) in [6.07, 6.45) is 1.44. The van der Waals surface area contributed by atoms with Crippen LogP contribution in [0.1, 0.15) is 15.9 Å². The lowest BCUT2D eigenvalue weighted by atomic mass is 10.1. The minimum Gasteiger partial charge on any atom is -0.504 e. The van der Waals surface area contributed by atoms with Crippen molar-refractivity contribution in [1.82, 2.24) is 0 Å². The van der Waals surface area contributed by atoms with Gasteiger partial charge in [0.25, 0.3) is 0 Å². The van der Waals surface area contributed by atoms with Gasteiger partial charge in [0.2, 0.25) is 5.78 Å². The standard InChI is InChI=1S/C15H8Cl2O4/c16-8-2-3-9(17)15-13(8)14(20)12(21-15)6-7-1-4-10(18)11(19)5-7/h1-6,18-19H. The molecular formula is C15H8Cl2O4. The fraction of sp³-hybridized carbons (Fsp3) is 0. The molecule has 1 heterocycles. The van der Waals surface area contributed by atoms with Crippen molar-refractivity contribution in [3.63, 3.8) is 0 Å². The highest BCUT2D eigenvalue weighted by molar-refractivity contribution is 6.39. The summed E-state index contributed by atoms with van der Waals surface area (Å²) in [6.45, 7) is 0. The van der Waals surface area contributed by atoms with Crippen LogP contribution >= 0.6 is 23.2 Å². The van der Waals surface area contributed by atoms with E-state index >= 15 is 0 Å². The second-order valence-electron chi connectivity index (χ2n) is 4.42. The highest BCUT2D eigenvalue weighted by Gasteiger charge is 2.31. The fourth-order valence-corrected chi connectivity index (χ4v) is 2.43. The van der Waals surface area contributed by atoms with E-state index in [0.717, 1.165) is 0 Å². The van der Waals surface area contributed by atoms with Crippen molar-refractivity contribution in [2.24, 2.45) is 0 Å². The second-order valence-corrected chi connectivity index (χ2v) is 5.24. The molecule has 0 spiro atoms. The van der Waals surface area contributed by atoms with Gasteiger partial charge in [-0.2, -0.15) is 0 Å². The highest BCUT2D eigenvalue weighted by Crippen LogP contribution is 2.42. The molecular weight excluding hydrogens is 315 g/mol. The molecule has 106 valence electrons. The first-order chi connectivity index (χ1) is 9.97. The summed E-state index contributed by atoms with van der Waals surface area (Å²) in [7, 11) is 0. The lowest BCUT2D eigenvalue weighted by molar-refractivity contribution is 0.101. The number of allylic oxidation sites excluding steroid dienone is 1. The van der Waals surface area contributed by atoms with E-state index in [2.05, 4.69) is 0 Å². The molecule has 0 saturated heterocycles. The Morgan fingerprint density at radius 2 is 1.71 bits per heavy atom. The average Bonchev–Trinajstić information content (AvgIpc) is 2.77. The van der Waals surface area contributed by atoms with Crippen molar-refractivity contribution in [1.29, 1.82) is 0 Å². The van der Waals surface area contributed by atoms with E-state index in [1.807, 2.05) is 0 Å². The van der Waals surface area contributed by atoms with Gasteiger partial charge >= 0.3 is 0 Å². The first kappa shape index (κ1) is 13.8. The lowest BCUT2D eigenvalue weighted by Gasteiger charge is -2.02. The van der Waals surface area contributed by atoms with Crippen molar-refractivity contribution in [2.75, 3.05) is 0 Å². The quantitative estimate of drug-likeness (QED) is 0.614. The fourth-order valence-electron chi connectivity index (χ4n) is 2.00. The van der Waals surface area contributed by atoms with Gasteiger partial charge in [-0.15, -0.1) is 0 Å². The number of benzene rings is 2. The molecule has 6 heteroatoms. The maximum Gasteiger partial charge on any atom is 0.233 e. The summed E-state index contributed by atoms with van der Waals surface area (Å²) in [5.41, 5.74) is 0.715.